The quantitative estimate of drug-likeness (QED) is 0.108. The molecule has 228 valence electrons. The van der Waals surface area contributed by atoms with Crippen LogP contribution in [0.5, 0.6) is 23.0 Å². The summed E-state index contributed by atoms with van der Waals surface area (Å²) in [5, 5.41) is 36.8. The number of hydrogen-bond acceptors (Lipinski definition) is 11. The lowest BCUT2D eigenvalue weighted by Crippen LogP contribution is -2.07. The van der Waals surface area contributed by atoms with E-state index in [0.29, 0.717) is 23.0 Å². The molecule has 0 saturated carbocycles. The summed E-state index contributed by atoms with van der Waals surface area (Å²) in [6.45, 7) is 0.164. The van der Waals surface area contributed by atoms with Gasteiger partial charge in [0.2, 0.25) is 0 Å². The standard InChI is InChI=1S/C32H34O8S3/c33-15-19-37-27-3-1-5-29(31(27)39-21-17-35)42-25-11-7-23(8-12-25)41-24-9-13-26(14-10-24)43-30-6-2-4-28(38-20-16-34)32(30)40-22-18-36/h1-14,33-36H,15-22H2. The predicted octanol–water partition coefficient (Wildman–Crippen LogP) is 5.62. The van der Waals surface area contributed by atoms with Crippen molar-refractivity contribution in [3.63, 3.8) is 0 Å². The number of ether oxygens (including phenoxy) is 4. The second kappa shape index (κ2) is 17.9. The normalized spacial score (nSPS) is 10.9. The number of aliphatic hydroxyl groups excluding tert-OH is 4. The van der Waals surface area contributed by atoms with Crippen molar-refractivity contribution >= 4 is 35.3 Å². The van der Waals surface area contributed by atoms with Crippen LogP contribution in [-0.2, 0) is 0 Å². The largest absolute Gasteiger partial charge is 0.487 e. The third kappa shape index (κ3) is 10.0. The second-order valence-electron chi connectivity index (χ2n) is 8.70. The molecule has 0 bridgehead atoms. The van der Waals surface area contributed by atoms with Crippen LogP contribution >= 0.6 is 35.3 Å². The molecule has 8 nitrogen and oxygen atoms in total. The highest BCUT2D eigenvalue weighted by Gasteiger charge is 2.15. The molecule has 11 heteroatoms. The lowest BCUT2D eigenvalue weighted by Gasteiger charge is -2.15. The monoisotopic (exact) mass is 642 g/mol. The van der Waals surface area contributed by atoms with Crippen LogP contribution in [0.15, 0.2) is 114 Å². The first kappa shape index (κ1) is 32.9. The molecule has 0 aliphatic rings. The van der Waals surface area contributed by atoms with Crippen molar-refractivity contribution in [2.45, 2.75) is 29.4 Å². The number of hydrogen-bond donors (Lipinski definition) is 4. The van der Waals surface area contributed by atoms with Gasteiger partial charge in [-0.15, -0.1) is 0 Å². The lowest BCUT2D eigenvalue weighted by molar-refractivity contribution is 0.176. The molecule has 0 saturated heterocycles. The van der Waals surface area contributed by atoms with Gasteiger partial charge in [0.05, 0.1) is 36.2 Å². The van der Waals surface area contributed by atoms with E-state index < -0.39 is 0 Å². The van der Waals surface area contributed by atoms with E-state index in [1.165, 1.54) is 23.5 Å². The first-order valence-electron chi connectivity index (χ1n) is 13.6. The lowest BCUT2D eigenvalue weighted by atomic mass is 10.3. The zero-order valence-electron chi connectivity index (χ0n) is 23.4. The Labute approximate surface area is 264 Å². The molecule has 0 atom stereocenters. The van der Waals surface area contributed by atoms with Crippen LogP contribution in [0.4, 0.5) is 0 Å². The number of para-hydroxylation sites is 2. The Morgan fingerprint density at radius 3 is 1.07 bits per heavy atom. The third-order valence-electron chi connectivity index (χ3n) is 5.60. The SMILES string of the molecule is OCCOc1cccc(Sc2ccc(Sc3ccc(Sc4cccc(OCCO)c4OCCO)cc3)cc2)c1OCCO. The minimum atomic E-state index is -0.113. The third-order valence-corrected chi connectivity index (χ3v) is 8.71. The summed E-state index contributed by atoms with van der Waals surface area (Å²) in [7, 11) is 0. The molecule has 0 fully saturated rings. The minimum Gasteiger partial charge on any atom is -0.487 e. The van der Waals surface area contributed by atoms with Crippen LogP contribution in [0.25, 0.3) is 0 Å². The van der Waals surface area contributed by atoms with Crippen molar-refractivity contribution < 1.29 is 39.4 Å². The van der Waals surface area contributed by atoms with Gasteiger partial charge >= 0.3 is 0 Å². The summed E-state index contributed by atoms with van der Waals surface area (Å²) in [5.41, 5.74) is 0. The molecule has 0 spiro atoms. The summed E-state index contributed by atoms with van der Waals surface area (Å²) >= 11 is 4.73. The summed E-state index contributed by atoms with van der Waals surface area (Å²) in [5.74, 6) is 2.14. The zero-order chi connectivity index (χ0) is 30.3. The van der Waals surface area contributed by atoms with Crippen molar-refractivity contribution in [2.75, 3.05) is 52.9 Å². The van der Waals surface area contributed by atoms with E-state index >= 15 is 0 Å². The zero-order valence-corrected chi connectivity index (χ0v) is 25.8. The fourth-order valence-corrected chi connectivity index (χ4v) is 6.48. The molecule has 0 unspecified atom stereocenters. The summed E-state index contributed by atoms with van der Waals surface area (Å²) in [4.78, 5) is 5.94. The van der Waals surface area contributed by atoms with Gasteiger partial charge in [0.1, 0.15) is 26.4 Å². The topological polar surface area (TPSA) is 118 Å². The van der Waals surface area contributed by atoms with Crippen LogP contribution in [0, 0.1) is 0 Å². The molecule has 0 heterocycles. The van der Waals surface area contributed by atoms with Crippen molar-refractivity contribution in [2.24, 2.45) is 0 Å². The molecule has 0 aliphatic heterocycles. The molecule has 4 aromatic rings. The average molecular weight is 643 g/mol. The number of rotatable bonds is 18. The molecular formula is C32H34O8S3. The van der Waals surface area contributed by atoms with Gasteiger partial charge in [0.25, 0.3) is 0 Å². The highest BCUT2D eigenvalue weighted by Crippen LogP contribution is 2.43. The van der Waals surface area contributed by atoms with E-state index in [4.69, 9.17) is 29.2 Å². The van der Waals surface area contributed by atoms with E-state index in [-0.39, 0.29) is 52.9 Å². The van der Waals surface area contributed by atoms with Crippen molar-refractivity contribution in [1.82, 2.24) is 0 Å². The number of benzene rings is 4. The molecule has 4 rings (SSSR count). The molecule has 0 radical (unpaired) electrons. The maximum Gasteiger partial charge on any atom is 0.175 e. The van der Waals surface area contributed by atoms with Gasteiger partial charge in [-0.2, -0.15) is 0 Å². The Kier molecular flexibility index (Phi) is 13.7. The first-order valence-corrected chi connectivity index (χ1v) is 16.0. The van der Waals surface area contributed by atoms with Crippen LogP contribution < -0.4 is 18.9 Å². The Bertz CT molecular complexity index is 1290. The van der Waals surface area contributed by atoms with Crippen LogP contribution in [0.2, 0.25) is 0 Å². The summed E-state index contributed by atoms with van der Waals surface area (Å²) in [6.07, 6.45) is 0. The van der Waals surface area contributed by atoms with Gasteiger partial charge in [-0.25, -0.2) is 0 Å². The van der Waals surface area contributed by atoms with Gasteiger partial charge in [-0.3, -0.25) is 0 Å². The molecule has 4 aromatic carbocycles. The van der Waals surface area contributed by atoms with E-state index in [1.807, 2.05) is 48.5 Å². The molecule has 0 aliphatic carbocycles. The van der Waals surface area contributed by atoms with Crippen LogP contribution in [0.1, 0.15) is 0 Å². The first-order chi connectivity index (χ1) is 21.1. The van der Waals surface area contributed by atoms with Gasteiger partial charge in [0, 0.05) is 19.6 Å². The molecule has 0 aromatic heterocycles. The Morgan fingerprint density at radius 2 is 0.721 bits per heavy atom. The second-order valence-corrected chi connectivity index (χ2v) is 12.1. The highest BCUT2D eigenvalue weighted by molar-refractivity contribution is 8.00. The minimum absolute atomic E-state index is 0.103. The molecule has 0 amide bonds. The van der Waals surface area contributed by atoms with Crippen molar-refractivity contribution in [3.8, 4) is 23.0 Å². The van der Waals surface area contributed by atoms with Gasteiger partial charge in [-0.05, 0) is 72.8 Å². The van der Waals surface area contributed by atoms with Gasteiger partial charge in [0.15, 0.2) is 23.0 Å². The number of aliphatic hydroxyl groups is 4. The molecular weight excluding hydrogens is 609 g/mol. The van der Waals surface area contributed by atoms with E-state index in [2.05, 4.69) is 24.3 Å². The Hall–Kier alpha value is -3.03. The van der Waals surface area contributed by atoms with Crippen LogP contribution in [-0.4, -0.2) is 73.3 Å². The predicted molar refractivity (Wildman–Crippen MR) is 168 cm³/mol. The highest BCUT2D eigenvalue weighted by atomic mass is 32.2. The summed E-state index contributed by atoms with van der Waals surface area (Å²) < 4.78 is 22.8. The van der Waals surface area contributed by atoms with Crippen molar-refractivity contribution in [3.05, 3.63) is 84.9 Å². The van der Waals surface area contributed by atoms with E-state index in [9.17, 15) is 10.2 Å². The summed E-state index contributed by atoms with van der Waals surface area (Å²) in [6, 6.07) is 27.7. The van der Waals surface area contributed by atoms with E-state index in [1.54, 1.807) is 23.9 Å². The molecule has 43 heavy (non-hydrogen) atoms. The van der Waals surface area contributed by atoms with Gasteiger partial charge in [-0.1, -0.05) is 47.4 Å². The fourth-order valence-electron chi connectivity index (χ4n) is 3.81. The van der Waals surface area contributed by atoms with Crippen LogP contribution in [0.3, 0.4) is 0 Å². The Morgan fingerprint density at radius 1 is 0.395 bits per heavy atom. The average Bonchev–Trinajstić information content (AvgIpc) is 3.03. The Balaban J connectivity index is 1.41. The van der Waals surface area contributed by atoms with E-state index in [0.717, 1.165) is 29.4 Å². The van der Waals surface area contributed by atoms with Crippen molar-refractivity contribution in [1.29, 1.82) is 0 Å². The maximum absolute atomic E-state index is 9.24. The molecule has 4 N–H and O–H groups in total. The smallest absolute Gasteiger partial charge is 0.175 e. The fraction of sp³-hybridized carbons (Fsp3) is 0.250. The maximum atomic E-state index is 9.24. The van der Waals surface area contributed by atoms with Gasteiger partial charge < -0.3 is 39.4 Å².